The van der Waals surface area contributed by atoms with Crippen molar-refractivity contribution in [3.8, 4) is 0 Å². The van der Waals surface area contributed by atoms with Crippen molar-refractivity contribution in [2.45, 2.75) is 6.42 Å². The van der Waals surface area contributed by atoms with Crippen LogP contribution in [0.4, 0.5) is 5.69 Å². The molecule has 94 valence electrons. The number of benzene rings is 1. The third-order valence-electron chi connectivity index (χ3n) is 2.34. The molecule has 2 aromatic rings. The van der Waals surface area contributed by atoms with Crippen LogP contribution in [0.2, 0.25) is 10.0 Å². The Morgan fingerprint density at radius 2 is 2.17 bits per heavy atom. The average Bonchev–Trinajstić information content (AvgIpc) is 2.69. The number of anilines is 1. The maximum Gasteiger partial charge on any atom is 0.228 e. The van der Waals surface area contributed by atoms with Crippen LogP contribution in [-0.4, -0.2) is 15.7 Å². The van der Waals surface area contributed by atoms with Crippen LogP contribution in [0.1, 0.15) is 5.56 Å². The number of nitrogens with zero attached hydrogens (tertiary/aromatic N) is 2. The molecule has 1 N–H and O–H groups in total. The predicted octanol–water partition coefficient (Wildman–Crippen LogP) is 2.91. The van der Waals surface area contributed by atoms with Crippen molar-refractivity contribution >= 4 is 34.8 Å². The van der Waals surface area contributed by atoms with Crippen LogP contribution in [0.15, 0.2) is 30.6 Å². The van der Waals surface area contributed by atoms with E-state index >= 15 is 0 Å². The van der Waals surface area contributed by atoms with E-state index in [0.29, 0.717) is 15.7 Å². The van der Waals surface area contributed by atoms with E-state index in [-0.39, 0.29) is 12.3 Å². The normalized spacial score (nSPS) is 10.4. The highest BCUT2D eigenvalue weighted by atomic mass is 35.5. The Kier molecular flexibility index (Phi) is 3.89. The third-order valence-corrected chi connectivity index (χ3v) is 3.08. The minimum Gasteiger partial charge on any atom is -0.323 e. The van der Waals surface area contributed by atoms with Crippen molar-refractivity contribution in [3.05, 3.63) is 46.2 Å². The Bertz CT molecular complexity index is 580. The highest BCUT2D eigenvalue weighted by Crippen LogP contribution is 2.22. The average molecular weight is 284 g/mol. The van der Waals surface area contributed by atoms with Gasteiger partial charge in [-0.3, -0.25) is 9.48 Å². The molecule has 1 heterocycles. The van der Waals surface area contributed by atoms with Gasteiger partial charge < -0.3 is 5.32 Å². The van der Waals surface area contributed by atoms with Crippen LogP contribution in [0.5, 0.6) is 0 Å². The first-order chi connectivity index (χ1) is 8.54. The Balaban J connectivity index is 2.00. The molecular formula is C12H11Cl2N3O. The summed E-state index contributed by atoms with van der Waals surface area (Å²) >= 11 is 11.7. The molecule has 0 atom stereocenters. The second-order valence-corrected chi connectivity index (χ2v) is 4.69. The maximum atomic E-state index is 11.8. The molecule has 0 radical (unpaired) electrons. The second-order valence-electron chi connectivity index (χ2n) is 3.88. The Labute approximate surface area is 115 Å². The molecule has 0 aliphatic rings. The fraction of sp³-hybridized carbons (Fsp3) is 0.167. The first-order valence-electron chi connectivity index (χ1n) is 5.27. The first kappa shape index (κ1) is 12.9. The van der Waals surface area contributed by atoms with Crippen molar-refractivity contribution < 1.29 is 4.79 Å². The van der Waals surface area contributed by atoms with Crippen molar-refractivity contribution in [2.75, 3.05) is 5.32 Å². The second kappa shape index (κ2) is 5.42. The molecule has 0 saturated carbocycles. The summed E-state index contributed by atoms with van der Waals surface area (Å²) in [6, 6.07) is 5.14. The molecular weight excluding hydrogens is 273 g/mol. The number of carbonyl (C=O) groups is 1. The number of carbonyl (C=O) groups excluding carboxylic acids is 1. The Morgan fingerprint density at radius 1 is 1.39 bits per heavy atom. The minimum absolute atomic E-state index is 0.124. The lowest BCUT2D eigenvalue weighted by atomic mass is 10.1. The van der Waals surface area contributed by atoms with Crippen LogP contribution in [0, 0.1) is 0 Å². The molecule has 0 spiro atoms. The van der Waals surface area contributed by atoms with Crippen LogP contribution >= 0.6 is 23.2 Å². The van der Waals surface area contributed by atoms with E-state index in [0.717, 1.165) is 5.56 Å². The van der Waals surface area contributed by atoms with Gasteiger partial charge in [-0.1, -0.05) is 29.3 Å². The number of hydrogen-bond donors (Lipinski definition) is 1. The van der Waals surface area contributed by atoms with E-state index in [1.54, 1.807) is 42.3 Å². The smallest absolute Gasteiger partial charge is 0.228 e. The minimum atomic E-state index is -0.124. The number of amides is 1. The number of nitrogens with one attached hydrogen (secondary N) is 1. The summed E-state index contributed by atoms with van der Waals surface area (Å²) in [5.41, 5.74) is 1.48. The van der Waals surface area contributed by atoms with Gasteiger partial charge in [-0.25, -0.2) is 0 Å². The molecule has 0 aliphatic carbocycles. The molecule has 0 saturated heterocycles. The predicted molar refractivity (Wildman–Crippen MR) is 72.0 cm³/mol. The summed E-state index contributed by atoms with van der Waals surface area (Å²) < 4.78 is 1.62. The number of aryl methyl sites for hydroxylation is 1. The topological polar surface area (TPSA) is 46.9 Å². The molecule has 0 bridgehead atoms. The molecule has 0 unspecified atom stereocenters. The van der Waals surface area contributed by atoms with Crippen LogP contribution in [0.3, 0.4) is 0 Å². The van der Waals surface area contributed by atoms with Crippen molar-refractivity contribution in [3.63, 3.8) is 0 Å². The van der Waals surface area contributed by atoms with Gasteiger partial charge >= 0.3 is 0 Å². The van der Waals surface area contributed by atoms with Crippen LogP contribution in [0.25, 0.3) is 0 Å². The molecule has 0 fully saturated rings. The van der Waals surface area contributed by atoms with E-state index in [2.05, 4.69) is 10.4 Å². The van der Waals surface area contributed by atoms with E-state index in [1.165, 1.54) is 0 Å². The van der Waals surface area contributed by atoms with E-state index in [4.69, 9.17) is 23.2 Å². The highest BCUT2D eigenvalue weighted by Gasteiger charge is 2.07. The maximum absolute atomic E-state index is 11.8. The van der Waals surface area contributed by atoms with Gasteiger partial charge in [0.15, 0.2) is 0 Å². The number of rotatable bonds is 3. The summed E-state index contributed by atoms with van der Waals surface area (Å²) in [5.74, 6) is -0.124. The van der Waals surface area contributed by atoms with Crippen molar-refractivity contribution in [2.24, 2.45) is 7.05 Å². The van der Waals surface area contributed by atoms with Gasteiger partial charge in [0.25, 0.3) is 0 Å². The standard InChI is InChI=1S/C12H11Cl2N3O/c1-17-7-9(6-15-17)16-12(18)5-8-2-3-10(13)11(14)4-8/h2-4,6-7H,5H2,1H3,(H,16,18). The number of aromatic nitrogens is 2. The summed E-state index contributed by atoms with van der Waals surface area (Å²) in [6.45, 7) is 0. The Morgan fingerprint density at radius 3 is 2.78 bits per heavy atom. The SMILES string of the molecule is Cn1cc(NC(=O)Cc2ccc(Cl)c(Cl)c2)cn1. The molecule has 4 nitrogen and oxygen atoms in total. The zero-order valence-electron chi connectivity index (χ0n) is 9.65. The van der Waals surface area contributed by atoms with E-state index < -0.39 is 0 Å². The molecule has 6 heteroatoms. The lowest BCUT2D eigenvalue weighted by Gasteiger charge is -2.04. The van der Waals surface area contributed by atoms with Gasteiger partial charge in [0.1, 0.15) is 0 Å². The van der Waals surface area contributed by atoms with E-state index in [9.17, 15) is 4.79 Å². The van der Waals surface area contributed by atoms with Crippen molar-refractivity contribution in [1.29, 1.82) is 0 Å². The van der Waals surface area contributed by atoms with Gasteiger partial charge in [-0.2, -0.15) is 5.10 Å². The van der Waals surface area contributed by atoms with Gasteiger partial charge in [-0.05, 0) is 17.7 Å². The van der Waals surface area contributed by atoms with Crippen LogP contribution in [-0.2, 0) is 18.3 Å². The van der Waals surface area contributed by atoms with Gasteiger partial charge in [-0.15, -0.1) is 0 Å². The quantitative estimate of drug-likeness (QED) is 0.942. The molecule has 2 rings (SSSR count). The fourth-order valence-electron chi connectivity index (χ4n) is 1.53. The molecule has 1 aromatic heterocycles. The monoisotopic (exact) mass is 283 g/mol. The molecule has 1 aromatic carbocycles. The summed E-state index contributed by atoms with van der Waals surface area (Å²) in [6.07, 6.45) is 3.56. The van der Waals surface area contributed by atoms with E-state index in [1.807, 2.05) is 0 Å². The van der Waals surface area contributed by atoms with Gasteiger partial charge in [0.2, 0.25) is 5.91 Å². The Hall–Kier alpha value is -1.52. The molecule has 0 aliphatic heterocycles. The highest BCUT2D eigenvalue weighted by molar-refractivity contribution is 6.42. The lowest BCUT2D eigenvalue weighted by Crippen LogP contribution is -2.13. The van der Waals surface area contributed by atoms with Gasteiger partial charge in [0.05, 0.1) is 28.4 Å². The zero-order chi connectivity index (χ0) is 13.1. The largest absolute Gasteiger partial charge is 0.323 e. The lowest BCUT2D eigenvalue weighted by molar-refractivity contribution is -0.115. The third kappa shape index (κ3) is 3.24. The first-order valence-corrected chi connectivity index (χ1v) is 6.02. The fourth-order valence-corrected chi connectivity index (χ4v) is 1.85. The van der Waals surface area contributed by atoms with Crippen molar-refractivity contribution in [1.82, 2.24) is 9.78 Å². The number of halogens is 2. The zero-order valence-corrected chi connectivity index (χ0v) is 11.2. The van der Waals surface area contributed by atoms with Crippen LogP contribution < -0.4 is 5.32 Å². The summed E-state index contributed by atoms with van der Waals surface area (Å²) in [7, 11) is 1.79. The number of hydrogen-bond acceptors (Lipinski definition) is 2. The van der Waals surface area contributed by atoms with Gasteiger partial charge in [0, 0.05) is 13.2 Å². The summed E-state index contributed by atoms with van der Waals surface area (Å²) in [4.78, 5) is 11.8. The molecule has 1 amide bonds. The summed E-state index contributed by atoms with van der Waals surface area (Å²) in [5, 5.41) is 7.64. The molecule has 18 heavy (non-hydrogen) atoms.